The van der Waals surface area contributed by atoms with Crippen molar-refractivity contribution in [2.75, 3.05) is 38.3 Å². The molecule has 0 spiro atoms. The van der Waals surface area contributed by atoms with Gasteiger partial charge >= 0.3 is 5.97 Å². The number of fused-ring (bicyclic) bond motifs is 1. The number of amides is 2. The van der Waals surface area contributed by atoms with Crippen molar-refractivity contribution in [3.63, 3.8) is 0 Å². The fourth-order valence-electron chi connectivity index (χ4n) is 3.20. The lowest BCUT2D eigenvalue weighted by atomic mass is 9.97. The van der Waals surface area contributed by atoms with Gasteiger partial charge in [-0.15, -0.1) is 0 Å². The van der Waals surface area contributed by atoms with Crippen LogP contribution < -0.4 is 9.64 Å². The van der Waals surface area contributed by atoms with Crippen LogP contribution in [0.15, 0.2) is 18.2 Å². The summed E-state index contributed by atoms with van der Waals surface area (Å²) in [6.07, 6.45) is 1.50. The molecule has 1 aromatic carbocycles. The van der Waals surface area contributed by atoms with Crippen LogP contribution in [-0.4, -0.2) is 56.0 Å². The van der Waals surface area contributed by atoms with Gasteiger partial charge in [0, 0.05) is 25.7 Å². The summed E-state index contributed by atoms with van der Waals surface area (Å²) >= 11 is 0. The Morgan fingerprint density at radius 1 is 1.36 bits per heavy atom. The van der Waals surface area contributed by atoms with Gasteiger partial charge in [0.25, 0.3) is 11.8 Å². The van der Waals surface area contributed by atoms with Crippen LogP contribution in [0.3, 0.4) is 0 Å². The van der Waals surface area contributed by atoms with E-state index in [-0.39, 0.29) is 30.3 Å². The number of hydrogen-bond donors (Lipinski definition) is 0. The number of benzene rings is 1. The number of ether oxygens (including phenoxy) is 2. The fraction of sp³-hybridized carbons (Fsp3) is 0.500. The number of likely N-dealkylation sites (N-methyl/N-ethyl adjacent to an activating group) is 1. The smallest absolute Gasteiger partial charge is 0.310 e. The molecule has 0 aromatic heterocycles. The quantitative estimate of drug-likeness (QED) is 0.775. The minimum absolute atomic E-state index is 0.00411. The van der Waals surface area contributed by atoms with Gasteiger partial charge in [-0.3, -0.25) is 14.4 Å². The van der Waals surface area contributed by atoms with Crippen LogP contribution in [0.25, 0.3) is 0 Å². The summed E-state index contributed by atoms with van der Waals surface area (Å²) < 4.78 is 10.5. The second-order valence-corrected chi connectivity index (χ2v) is 6.27. The lowest BCUT2D eigenvalue weighted by Gasteiger charge is -2.32. The summed E-state index contributed by atoms with van der Waals surface area (Å²) in [5.74, 6) is -0.241. The lowest BCUT2D eigenvalue weighted by molar-refractivity contribution is -0.149. The average Bonchev–Trinajstić information content (AvgIpc) is 2.64. The molecule has 0 radical (unpaired) electrons. The standard InChI is InChI=1S/C18H22N2O5/c1-3-24-18(23)13-5-4-8-20(10-13)17(22)12-6-7-15-14(9-12)19(2)16(21)11-25-15/h6-7,9,13H,3-5,8,10-11H2,1-2H3. The predicted octanol–water partition coefficient (Wildman–Crippen LogP) is 1.46. The van der Waals surface area contributed by atoms with Crippen molar-refractivity contribution < 1.29 is 23.9 Å². The van der Waals surface area contributed by atoms with Crippen LogP contribution in [0.1, 0.15) is 30.1 Å². The Kier molecular flexibility index (Phi) is 4.92. The second-order valence-electron chi connectivity index (χ2n) is 6.27. The summed E-state index contributed by atoms with van der Waals surface area (Å²) in [5.41, 5.74) is 1.06. The van der Waals surface area contributed by atoms with Crippen LogP contribution in [0, 0.1) is 5.92 Å². The van der Waals surface area contributed by atoms with E-state index in [4.69, 9.17) is 9.47 Å². The van der Waals surface area contributed by atoms with Crippen molar-refractivity contribution in [1.29, 1.82) is 0 Å². The molecule has 1 atom stereocenters. The molecule has 1 unspecified atom stereocenters. The normalized spacial score (nSPS) is 19.9. The number of anilines is 1. The fourth-order valence-corrected chi connectivity index (χ4v) is 3.20. The van der Waals surface area contributed by atoms with E-state index in [0.717, 1.165) is 12.8 Å². The summed E-state index contributed by atoms with van der Waals surface area (Å²) in [6, 6.07) is 5.07. The zero-order valence-corrected chi connectivity index (χ0v) is 14.5. The Balaban J connectivity index is 1.77. The van der Waals surface area contributed by atoms with Crippen LogP contribution in [0.4, 0.5) is 5.69 Å². The Morgan fingerprint density at radius 2 is 2.16 bits per heavy atom. The molecule has 134 valence electrons. The molecule has 7 nitrogen and oxygen atoms in total. The molecule has 2 aliphatic heterocycles. The van der Waals surface area contributed by atoms with Gasteiger partial charge in [-0.1, -0.05) is 0 Å². The van der Waals surface area contributed by atoms with Crippen molar-refractivity contribution in [3.05, 3.63) is 23.8 Å². The third-order valence-corrected chi connectivity index (χ3v) is 4.62. The van der Waals surface area contributed by atoms with Gasteiger partial charge in [0.05, 0.1) is 18.2 Å². The first-order valence-corrected chi connectivity index (χ1v) is 8.50. The van der Waals surface area contributed by atoms with Gasteiger partial charge in [0.15, 0.2) is 6.61 Å². The minimum Gasteiger partial charge on any atom is -0.482 e. The molecule has 3 rings (SSSR count). The number of piperidine rings is 1. The molecule has 1 aromatic rings. The van der Waals surface area contributed by atoms with Crippen molar-refractivity contribution in [3.8, 4) is 5.75 Å². The van der Waals surface area contributed by atoms with Crippen LogP contribution in [-0.2, 0) is 14.3 Å². The average molecular weight is 346 g/mol. The largest absolute Gasteiger partial charge is 0.482 e. The maximum absolute atomic E-state index is 12.8. The molecule has 0 saturated carbocycles. The monoisotopic (exact) mass is 346 g/mol. The van der Waals surface area contributed by atoms with E-state index in [1.807, 2.05) is 0 Å². The lowest BCUT2D eigenvalue weighted by Crippen LogP contribution is -2.43. The van der Waals surface area contributed by atoms with Crippen molar-refractivity contribution in [1.82, 2.24) is 4.90 Å². The van der Waals surface area contributed by atoms with E-state index in [1.165, 1.54) is 4.90 Å². The first kappa shape index (κ1) is 17.3. The molecule has 25 heavy (non-hydrogen) atoms. The van der Waals surface area contributed by atoms with Crippen LogP contribution >= 0.6 is 0 Å². The molecule has 2 aliphatic rings. The van der Waals surface area contributed by atoms with Crippen molar-refractivity contribution >= 4 is 23.5 Å². The number of nitrogens with zero attached hydrogens (tertiary/aromatic N) is 2. The second kappa shape index (κ2) is 7.13. The third-order valence-electron chi connectivity index (χ3n) is 4.62. The van der Waals surface area contributed by atoms with Gasteiger partial charge < -0.3 is 19.3 Å². The predicted molar refractivity (Wildman–Crippen MR) is 90.6 cm³/mol. The zero-order chi connectivity index (χ0) is 18.0. The molecule has 0 bridgehead atoms. The summed E-state index contributed by atoms with van der Waals surface area (Å²) in [4.78, 5) is 39.7. The third kappa shape index (κ3) is 3.45. The maximum Gasteiger partial charge on any atom is 0.310 e. The number of carbonyl (C=O) groups is 3. The molecule has 1 fully saturated rings. The number of esters is 1. The summed E-state index contributed by atoms with van der Waals surface area (Å²) in [6.45, 7) is 3.09. The van der Waals surface area contributed by atoms with Gasteiger partial charge in [-0.25, -0.2) is 0 Å². The first-order chi connectivity index (χ1) is 12.0. The van der Waals surface area contributed by atoms with E-state index in [9.17, 15) is 14.4 Å². The van der Waals surface area contributed by atoms with E-state index in [2.05, 4.69) is 0 Å². The molecule has 0 N–H and O–H groups in total. The van der Waals surface area contributed by atoms with E-state index in [0.29, 0.717) is 36.7 Å². The van der Waals surface area contributed by atoms with E-state index < -0.39 is 0 Å². The number of carbonyl (C=O) groups excluding carboxylic acids is 3. The Hall–Kier alpha value is -2.57. The molecule has 2 amide bonds. The Bertz CT molecular complexity index is 703. The molecule has 7 heteroatoms. The van der Waals surface area contributed by atoms with E-state index >= 15 is 0 Å². The minimum atomic E-state index is -0.275. The highest BCUT2D eigenvalue weighted by Gasteiger charge is 2.31. The highest BCUT2D eigenvalue weighted by Crippen LogP contribution is 2.32. The van der Waals surface area contributed by atoms with Gasteiger partial charge in [-0.2, -0.15) is 0 Å². The summed E-state index contributed by atoms with van der Waals surface area (Å²) in [5, 5.41) is 0. The van der Waals surface area contributed by atoms with Crippen molar-refractivity contribution in [2.45, 2.75) is 19.8 Å². The highest BCUT2D eigenvalue weighted by atomic mass is 16.5. The SMILES string of the molecule is CCOC(=O)C1CCCN(C(=O)c2ccc3c(c2)N(C)C(=O)CO3)C1. The summed E-state index contributed by atoms with van der Waals surface area (Å²) in [7, 11) is 1.66. The number of hydrogen-bond acceptors (Lipinski definition) is 5. The molecule has 1 saturated heterocycles. The first-order valence-electron chi connectivity index (χ1n) is 8.50. The van der Waals surface area contributed by atoms with Gasteiger partial charge in [0.2, 0.25) is 0 Å². The number of rotatable bonds is 3. The molecule has 2 heterocycles. The topological polar surface area (TPSA) is 76.2 Å². The van der Waals surface area contributed by atoms with Crippen molar-refractivity contribution in [2.24, 2.45) is 5.92 Å². The van der Waals surface area contributed by atoms with E-state index in [1.54, 1.807) is 37.1 Å². The highest BCUT2D eigenvalue weighted by molar-refractivity contribution is 6.01. The number of likely N-dealkylation sites (tertiary alicyclic amines) is 1. The molecule has 0 aliphatic carbocycles. The van der Waals surface area contributed by atoms with Crippen LogP contribution in [0.5, 0.6) is 5.75 Å². The van der Waals surface area contributed by atoms with Crippen LogP contribution in [0.2, 0.25) is 0 Å². The Morgan fingerprint density at radius 3 is 2.92 bits per heavy atom. The molecular weight excluding hydrogens is 324 g/mol. The maximum atomic E-state index is 12.8. The Labute approximate surface area is 146 Å². The van der Waals surface area contributed by atoms with Gasteiger partial charge in [-0.05, 0) is 38.0 Å². The molecular formula is C18H22N2O5. The zero-order valence-electron chi connectivity index (χ0n) is 14.5. The van der Waals surface area contributed by atoms with Gasteiger partial charge in [0.1, 0.15) is 5.75 Å².